The predicted octanol–water partition coefficient (Wildman–Crippen LogP) is 6.16. The summed E-state index contributed by atoms with van der Waals surface area (Å²) in [4.78, 5) is 0. The van der Waals surface area contributed by atoms with Crippen molar-refractivity contribution in [2.45, 2.75) is 82.3 Å². The predicted molar refractivity (Wildman–Crippen MR) is 111 cm³/mol. The van der Waals surface area contributed by atoms with E-state index in [1.807, 2.05) is 0 Å². The number of ether oxygens (including phenoxy) is 1. The van der Waals surface area contributed by atoms with E-state index in [1.54, 1.807) is 0 Å². The van der Waals surface area contributed by atoms with Gasteiger partial charge in [-0.3, -0.25) is 0 Å². The molecule has 0 aliphatic heterocycles. The Kier molecular flexibility index (Phi) is 3.52. The van der Waals surface area contributed by atoms with E-state index in [4.69, 9.17) is 9.26 Å². The van der Waals surface area contributed by atoms with Crippen LogP contribution in [0.1, 0.15) is 92.2 Å². The van der Waals surface area contributed by atoms with Gasteiger partial charge in [0.1, 0.15) is 5.76 Å². The van der Waals surface area contributed by atoms with Crippen LogP contribution in [0.4, 0.5) is 0 Å². The fourth-order valence-electron chi connectivity index (χ4n) is 7.23. The van der Waals surface area contributed by atoms with Crippen molar-refractivity contribution in [2.75, 3.05) is 0 Å². The molecular formula is C26H31NO2. The van der Waals surface area contributed by atoms with Crippen molar-refractivity contribution in [3.05, 3.63) is 52.9 Å². The molecule has 1 spiro atoms. The Bertz CT molecular complexity index is 931. The van der Waals surface area contributed by atoms with Gasteiger partial charge in [-0.1, -0.05) is 42.4 Å². The normalized spacial score (nSPS) is 42.0. The Morgan fingerprint density at radius 1 is 1.07 bits per heavy atom. The summed E-state index contributed by atoms with van der Waals surface area (Å²) in [6, 6.07) is 10.9. The van der Waals surface area contributed by atoms with Crippen LogP contribution in [-0.4, -0.2) is 11.3 Å². The van der Waals surface area contributed by atoms with E-state index in [-0.39, 0.29) is 0 Å². The van der Waals surface area contributed by atoms with Gasteiger partial charge in [0.25, 0.3) is 0 Å². The van der Waals surface area contributed by atoms with Crippen molar-refractivity contribution in [3.8, 4) is 0 Å². The molecule has 7 unspecified atom stereocenters. The van der Waals surface area contributed by atoms with Crippen molar-refractivity contribution in [3.63, 3.8) is 0 Å². The van der Waals surface area contributed by atoms with E-state index in [9.17, 15) is 0 Å². The summed E-state index contributed by atoms with van der Waals surface area (Å²) < 4.78 is 12.5. The van der Waals surface area contributed by atoms with Crippen LogP contribution in [0.15, 0.2) is 34.9 Å². The van der Waals surface area contributed by atoms with Gasteiger partial charge < -0.3 is 9.26 Å². The van der Waals surface area contributed by atoms with Gasteiger partial charge in [-0.25, -0.2) is 0 Å². The molecule has 2 aromatic rings. The molecule has 3 nitrogen and oxygen atoms in total. The highest BCUT2D eigenvalue weighted by atomic mass is 16.5. The molecular weight excluding hydrogens is 358 g/mol. The Morgan fingerprint density at radius 2 is 1.93 bits per heavy atom. The van der Waals surface area contributed by atoms with Crippen molar-refractivity contribution in [1.29, 1.82) is 0 Å². The molecule has 5 aliphatic carbocycles. The Hall–Kier alpha value is -1.61. The van der Waals surface area contributed by atoms with Crippen molar-refractivity contribution in [1.82, 2.24) is 5.16 Å². The molecule has 7 atom stereocenters. The number of hydrogen-bond acceptors (Lipinski definition) is 3. The van der Waals surface area contributed by atoms with Crippen LogP contribution >= 0.6 is 0 Å². The lowest BCUT2D eigenvalue weighted by atomic mass is 9.57. The first-order valence-corrected chi connectivity index (χ1v) is 11.9. The van der Waals surface area contributed by atoms with Gasteiger partial charge in [-0.15, -0.1) is 0 Å². The van der Waals surface area contributed by atoms with E-state index >= 15 is 0 Å². The highest BCUT2D eigenvalue weighted by Crippen LogP contribution is 2.75. The lowest BCUT2D eigenvalue weighted by molar-refractivity contribution is -0.0721. The zero-order chi connectivity index (χ0) is 19.2. The second-order valence-electron chi connectivity index (χ2n) is 10.9. The second-order valence-corrected chi connectivity index (χ2v) is 10.9. The van der Waals surface area contributed by atoms with Crippen LogP contribution in [0.2, 0.25) is 0 Å². The fraction of sp³-hybridized carbons (Fsp3) is 0.654. The quantitative estimate of drug-likeness (QED) is 0.593. The molecule has 5 saturated carbocycles. The monoisotopic (exact) mass is 389 g/mol. The molecule has 1 aromatic carbocycles. The molecule has 7 rings (SSSR count). The zero-order valence-electron chi connectivity index (χ0n) is 17.3. The van der Waals surface area contributed by atoms with Gasteiger partial charge >= 0.3 is 0 Å². The average molecular weight is 390 g/mol. The van der Waals surface area contributed by atoms with Crippen molar-refractivity contribution in [2.24, 2.45) is 23.2 Å². The number of rotatable bonds is 6. The Labute approximate surface area is 173 Å². The van der Waals surface area contributed by atoms with Gasteiger partial charge in [-0.2, -0.15) is 0 Å². The first kappa shape index (κ1) is 17.1. The zero-order valence-corrected chi connectivity index (χ0v) is 17.3. The van der Waals surface area contributed by atoms with Crippen molar-refractivity contribution >= 4 is 0 Å². The summed E-state index contributed by atoms with van der Waals surface area (Å²) in [5.74, 6) is 5.66. The number of hydrogen-bond donors (Lipinski definition) is 0. The van der Waals surface area contributed by atoms with Crippen LogP contribution in [0.5, 0.6) is 0 Å². The second kappa shape index (κ2) is 5.97. The van der Waals surface area contributed by atoms with Gasteiger partial charge in [0.15, 0.2) is 0 Å². The first-order chi connectivity index (χ1) is 14.2. The third-order valence-electron chi connectivity index (χ3n) is 9.10. The van der Waals surface area contributed by atoms with Gasteiger partial charge in [0.2, 0.25) is 0 Å². The summed E-state index contributed by atoms with van der Waals surface area (Å²) in [5, 5.41) is 4.60. The van der Waals surface area contributed by atoms with Crippen LogP contribution < -0.4 is 0 Å². The third-order valence-corrected chi connectivity index (χ3v) is 9.10. The molecule has 0 bridgehead atoms. The van der Waals surface area contributed by atoms with Gasteiger partial charge in [0, 0.05) is 17.4 Å². The summed E-state index contributed by atoms with van der Waals surface area (Å²) in [6.07, 6.45) is 9.69. The lowest BCUT2D eigenvalue weighted by Crippen LogP contribution is -2.44. The minimum atomic E-state index is 0.447. The first-order valence-electron chi connectivity index (χ1n) is 11.9. The SMILES string of the molecule is CC1CC23CC2CC(OCc2c(C4CC4c4ccccc4)noc2C2CC2)CC13. The standard InChI is InChI=1S/C26H31NO2/c1-15-12-26-13-18(26)9-19(10-23(15)26)28-14-22-24(27-29-25(22)17-7-8-17)21-11-20(21)16-5-3-2-4-6-16/h2-6,15,17-21,23H,7-14H2,1H3. The van der Waals surface area contributed by atoms with E-state index in [1.165, 1.54) is 61.8 Å². The van der Waals surface area contributed by atoms with E-state index < -0.39 is 0 Å². The van der Waals surface area contributed by atoms with E-state index in [0.29, 0.717) is 30.5 Å². The number of nitrogens with zero attached hydrogens (tertiary/aromatic N) is 1. The molecule has 152 valence electrons. The molecule has 0 amide bonds. The summed E-state index contributed by atoms with van der Waals surface area (Å²) in [7, 11) is 0. The molecule has 5 aliphatic rings. The molecule has 0 saturated heterocycles. The number of benzene rings is 1. The molecule has 1 aromatic heterocycles. The maximum Gasteiger partial charge on any atom is 0.145 e. The largest absolute Gasteiger partial charge is 0.373 e. The minimum Gasteiger partial charge on any atom is -0.373 e. The van der Waals surface area contributed by atoms with Crippen LogP contribution in [0.25, 0.3) is 0 Å². The smallest absolute Gasteiger partial charge is 0.145 e. The summed E-state index contributed by atoms with van der Waals surface area (Å²) in [5.41, 5.74) is 4.72. The van der Waals surface area contributed by atoms with Gasteiger partial charge in [-0.05, 0) is 79.6 Å². The lowest BCUT2D eigenvalue weighted by Gasteiger charge is -2.49. The topological polar surface area (TPSA) is 35.3 Å². The van der Waals surface area contributed by atoms with Gasteiger partial charge in [0.05, 0.1) is 18.4 Å². The van der Waals surface area contributed by atoms with E-state index in [2.05, 4.69) is 42.4 Å². The van der Waals surface area contributed by atoms with Crippen molar-refractivity contribution < 1.29 is 9.26 Å². The highest BCUT2D eigenvalue weighted by molar-refractivity contribution is 5.39. The molecule has 3 heteroatoms. The minimum absolute atomic E-state index is 0.447. The highest BCUT2D eigenvalue weighted by Gasteiger charge is 2.68. The summed E-state index contributed by atoms with van der Waals surface area (Å²) >= 11 is 0. The molecule has 5 fully saturated rings. The van der Waals surface area contributed by atoms with Crippen LogP contribution in [-0.2, 0) is 11.3 Å². The Morgan fingerprint density at radius 3 is 2.72 bits per heavy atom. The van der Waals surface area contributed by atoms with E-state index in [0.717, 1.165) is 28.9 Å². The van der Waals surface area contributed by atoms with Crippen LogP contribution in [0.3, 0.4) is 0 Å². The maximum atomic E-state index is 6.60. The third kappa shape index (κ3) is 2.62. The fourth-order valence-corrected chi connectivity index (χ4v) is 7.23. The maximum absolute atomic E-state index is 6.60. The molecule has 0 N–H and O–H groups in total. The van der Waals surface area contributed by atoms with Crippen LogP contribution in [0, 0.1) is 23.2 Å². The summed E-state index contributed by atoms with van der Waals surface area (Å²) in [6.45, 7) is 3.17. The average Bonchev–Trinajstić information content (AvgIpc) is 3.62. The molecule has 1 heterocycles. The number of aromatic nitrogens is 1. The molecule has 29 heavy (non-hydrogen) atoms. The Balaban J connectivity index is 1.09. The molecule has 0 radical (unpaired) electrons.